The van der Waals surface area contributed by atoms with Crippen molar-refractivity contribution in [2.24, 2.45) is 0 Å². The zero-order valence-corrected chi connectivity index (χ0v) is 11.7. The van der Waals surface area contributed by atoms with E-state index in [9.17, 15) is 9.59 Å². The summed E-state index contributed by atoms with van der Waals surface area (Å²) in [6, 6.07) is 5.02. The van der Waals surface area contributed by atoms with E-state index in [1.807, 2.05) is 0 Å². The third kappa shape index (κ3) is 2.41. The van der Waals surface area contributed by atoms with Gasteiger partial charge < -0.3 is 14.7 Å². The number of carbonyl (C=O) groups is 2. The highest BCUT2D eigenvalue weighted by atomic mass is 35.5. The largest absolute Gasteiger partial charge is 0.424 e. The number of rotatable bonds is 3. The van der Waals surface area contributed by atoms with Crippen LogP contribution in [0.3, 0.4) is 0 Å². The second kappa shape index (κ2) is 5.06. The van der Waals surface area contributed by atoms with Crippen molar-refractivity contribution in [3.05, 3.63) is 47.1 Å². The number of hydrogen-bond acceptors (Lipinski definition) is 4. The SMILES string of the molecule is CC(=O)Oc1c(C(=O)c2ncc[nH]2)[nH]c2ccc(Cl)cc12. The summed E-state index contributed by atoms with van der Waals surface area (Å²) in [7, 11) is 0. The van der Waals surface area contributed by atoms with Crippen LogP contribution in [0.4, 0.5) is 0 Å². The van der Waals surface area contributed by atoms with Crippen LogP contribution in [0.5, 0.6) is 5.75 Å². The van der Waals surface area contributed by atoms with Gasteiger partial charge in [-0.25, -0.2) is 4.98 Å². The van der Waals surface area contributed by atoms with Crippen LogP contribution in [-0.2, 0) is 4.79 Å². The molecule has 0 atom stereocenters. The van der Waals surface area contributed by atoms with Gasteiger partial charge in [-0.2, -0.15) is 0 Å². The van der Waals surface area contributed by atoms with Crippen LogP contribution >= 0.6 is 11.6 Å². The monoisotopic (exact) mass is 303 g/mol. The van der Waals surface area contributed by atoms with Crippen LogP contribution in [-0.4, -0.2) is 26.7 Å². The number of carbonyl (C=O) groups excluding carboxylic acids is 2. The number of nitrogens with zero attached hydrogens (tertiary/aromatic N) is 1. The number of fused-ring (bicyclic) bond motifs is 1. The first-order valence-electron chi connectivity index (χ1n) is 6.10. The van der Waals surface area contributed by atoms with E-state index in [1.165, 1.54) is 19.3 Å². The predicted molar refractivity (Wildman–Crippen MR) is 76.6 cm³/mol. The van der Waals surface area contributed by atoms with Crippen molar-refractivity contribution in [2.45, 2.75) is 6.92 Å². The molecule has 0 amide bonds. The van der Waals surface area contributed by atoms with Crippen molar-refractivity contribution in [2.75, 3.05) is 0 Å². The molecule has 0 unspecified atom stereocenters. The lowest BCUT2D eigenvalue weighted by molar-refractivity contribution is -0.131. The van der Waals surface area contributed by atoms with E-state index in [1.54, 1.807) is 18.2 Å². The van der Waals surface area contributed by atoms with E-state index in [4.69, 9.17) is 16.3 Å². The van der Waals surface area contributed by atoms with E-state index in [-0.39, 0.29) is 17.3 Å². The van der Waals surface area contributed by atoms with Gasteiger partial charge in [-0.05, 0) is 18.2 Å². The molecule has 6 nitrogen and oxygen atoms in total. The van der Waals surface area contributed by atoms with Gasteiger partial charge in [-0.3, -0.25) is 9.59 Å². The molecule has 0 saturated heterocycles. The molecule has 2 N–H and O–H groups in total. The van der Waals surface area contributed by atoms with E-state index in [0.717, 1.165) is 0 Å². The fourth-order valence-corrected chi connectivity index (χ4v) is 2.23. The van der Waals surface area contributed by atoms with Crippen molar-refractivity contribution in [1.29, 1.82) is 0 Å². The molecule has 0 radical (unpaired) electrons. The Morgan fingerprint density at radius 1 is 1.33 bits per heavy atom. The zero-order valence-electron chi connectivity index (χ0n) is 10.9. The highest BCUT2D eigenvalue weighted by molar-refractivity contribution is 6.31. The molecule has 0 bridgehead atoms. The van der Waals surface area contributed by atoms with Gasteiger partial charge in [-0.15, -0.1) is 0 Å². The molecule has 0 aliphatic heterocycles. The fraction of sp³-hybridized carbons (Fsp3) is 0.0714. The summed E-state index contributed by atoms with van der Waals surface area (Å²) in [4.78, 5) is 33.3. The van der Waals surface area contributed by atoms with Gasteiger partial charge in [-0.1, -0.05) is 11.6 Å². The molecule has 7 heteroatoms. The fourth-order valence-electron chi connectivity index (χ4n) is 2.06. The molecule has 0 aliphatic rings. The smallest absolute Gasteiger partial charge is 0.308 e. The molecule has 0 fully saturated rings. The molecular weight excluding hydrogens is 294 g/mol. The Kier molecular flexibility index (Phi) is 3.23. The lowest BCUT2D eigenvalue weighted by Gasteiger charge is -2.02. The highest BCUT2D eigenvalue weighted by Gasteiger charge is 2.23. The second-order valence-corrected chi connectivity index (χ2v) is 4.82. The predicted octanol–water partition coefficient (Wildman–Crippen LogP) is 2.70. The molecule has 2 heterocycles. The minimum Gasteiger partial charge on any atom is -0.424 e. The number of benzene rings is 1. The van der Waals surface area contributed by atoms with Crippen molar-refractivity contribution >= 4 is 34.3 Å². The number of nitrogens with one attached hydrogen (secondary N) is 2. The quantitative estimate of drug-likeness (QED) is 0.575. The normalized spacial score (nSPS) is 10.8. The maximum absolute atomic E-state index is 12.4. The summed E-state index contributed by atoms with van der Waals surface area (Å²) in [6.45, 7) is 1.27. The van der Waals surface area contributed by atoms with Crippen LogP contribution in [0.1, 0.15) is 23.2 Å². The third-order valence-electron chi connectivity index (χ3n) is 2.90. The maximum Gasteiger partial charge on any atom is 0.308 e. The molecule has 0 aliphatic carbocycles. The Bertz CT molecular complexity index is 837. The number of imidazole rings is 1. The Labute approximate surface area is 124 Å². The zero-order chi connectivity index (χ0) is 15.0. The van der Waals surface area contributed by atoms with Gasteiger partial charge in [0.25, 0.3) is 0 Å². The third-order valence-corrected chi connectivity index (χ3v) is 3.13. The number of halogens is 1. The van der Waals surface area contributed by atoms with Crippen molar-refractivity contribution in [1.82, 2.24) is 15.0 Å². The number of aromatic nitrogens is 3. The number of esters is 1. The molecule has 3 aromatic rings. The summed E-state index contributed by atoms with van der Waals surface area (Å²) in [6.07, 6.45) is 3.01. The van der Waals surface area contributed by atoms with Gasteiger partial charge in [0.15, 0.2) is 11.6 Å². The van der Waals surface area contributed by atoms with E-state index in [0.29, 0.717) is 15.9 Å². The minimum absolute atomic E-state index is 0.150. The van der Waals surface area contributed by atoms with Crippen molar-refractivity contribution in [3.63, 3.8) is 0 Å². The van der Waals surface area contributed by atoms with Gasteiger partial charge in [0.1, 0.15) is 5.69 Å². The van der Waals surface area contributed by atoms with Gasteiger partial charge >= 0.3 is 5.97 Å². The first-order valence-corrected chi connectivity index (χ1v) is 6.48. The second-order valence-electron chi connectivity index (χ2n) is 4.38. The number of hydrogen-bond donors (Lipinski definition) is 2. The Morgan fingerprint density at radius 3 is 2.81 bits per heavy atom. The number of ether oxygens (including phenoxy) is 1. The van der Waals surface area contributed by atoms with Crippen LogP contribution in [0.25, 0.3) is 10.9 Å². The molecule has 2 aromatic heterocycles. The minimum atomic E-state index is -0.524. The average molecular weight is 304 g/mol. The molecule has 0 spiro atoms. The van der Waals surface area contributed by atoms with Crippen LogP contribution in [0, 0.1) is 0 Å². The molecular formula is C14H10ClN3O3. The summed E-state index contributed by atoms with van der Waals surface area (Å²) < 4.78 is 5.18. The average Bonchev–Trinajstić information content (AvgIpc) is 3.06. The van der Waals surface area contributed by atoms with Crippen LogP contribution in [0.2, 0.25) is 5.02 Å². The first-order chi connectivity index (χ1) is 10.1. The lowest BCUT2D eigenvalue weighted by atomic mass is 10.2. The summed E-state index contributed by atoms with van der Waals surface area (Å²) >= 11 is 5.96. The standard InChI is InChI=1S/C14H10ClN3O3/c1-7(19)21-13-9-6-8(15)2-3-10(9)18-11(13)12(20)14-16-4-5-17-14/h2-6,18H,1H3,(H,16,17). The Morgan fingerprint density at radius 2 is 2.14 bits per heavy atom. The number of aromatic amines is 2. The molecule has 1 aromatic carbocycles. The van der Waals surface area contributed by atoms with E-state index < -0.39 is 11.8 Å². The van der Waals surface area contributed by atoms with Crippen LogP contribution in [0.15, 0.2) is 30.6 Å². The molecule has 21 heavy (non-hydrogen) atoms. The number of H-pyrrole nitrogens is 2. The number of ketones is 1. The summed E-state index contributed by atoms with van der Waals surface area (Å²) in [5.74, 6) is -0.615. The Balaban J connectivity index is 2.21. The highest BCUT2D eigenvalue weighted by Crippen LogP contribution is 2.33. The molecule has 106 valence electrons. The maximum atomic E-state index is 12.4. The molecule has 0 saturated carbocycles. The Hall–Kier alpha value is -2.60. The lowest BCUT2D eigenvalue weighted by Crippen LogP contribution is -2.09. The summed E-state index contributed by atoms with van der Waals surface area (Å²) in [5.41, 5.74) is 0.794. The van der Waals surface area contributed by atoms with Crippen molar-refractivity contribution in [3.8, 4) is 5.75 Å². The van der Waals surface area contributed by atoms with Gasteiger partial charge in [0, 0.05) is 35.2 Å². The topological polar surface area (TPSA) is 87.8 Å². The first kappa shape index (κ1) is 13.4. The van der Waals surface area contributed by atoms with Gasteiger partial charge in [0.2, 0.25) is 5.78 Å². The van der Waals surface area contributed by atoms with Crippen molar-refractivity contribution < 1.29 is 14.3 Å². The molecule has 3 rings (SSSR count). The van der Waals surface area contributed by atoms with Gasteiger partial charge in [0.05, 0.1) is 0 Å². The van der Waals surface area contributed by atoms with Crippen LogP contribution < -0.4 is 4.74 Å². The van der Waals surface area contributed by atoms with E-state index in [2.05, 4.69) is 15.0 Å². The summed E-state index contributed by atoms with van der Waals surface area (Å²) in [5, 5.41) is 1.04. The van der Waals surface area contributed by atoms with E-state index >= 15 is 0 Å².